The number of rotatable bonds is 1. The van der Waals surface area contributed by atoms with Crippen molar-refractivity contribution in [2.45, 2.75) is 18.9 Å². The van der Waals surface area contributed by atoms with Crippen LogP contribution in [0, 0.1) is 0 Å². The first-order valence-corrected chi connectivity index (χ1v) is 4.69. The van der Waals surface area contributed by atoms with E-state index in [2.05, 4.69) is 30.8 Å². The first kappa shape index (κ1) is 8.52. The van der Waals surface area contributed by atoms with Crippen molar-refractivity contribution < 1.29 is 4.74 Å². The second-order valence-corrected chi connectivity index (χ2v) is 3.47. The molecule has 1 heteroatoms. The molecule has 0 saturated carbocycles. The van der Waals surface area contributed by atoms with E-state index in [1.165, 1.54) is 11.1 Å². The zero-order chi connectivity index (χ0) is 9.10. The molecule has 68 valence electrons. The Bertz CT molecular complexity index is 289. The quantitative estimate of drug-likeness (QED) is 0.594. The number of ether oxygens (including phenoxy) is 1. The van der Waals surface area contributed by atoms with E-state index in [1.807, 2.05) is 6.07 Å². The topological polar surface area (TPSA) is 9.23 Å². The van der Waals surface area contributed by atoms with Gasteiger partial charge in [-0.3, -0.25) is 0 Å². The molecule has 1 aliphatic heterocycles. The summed E-state index contributed by atoms with van der Waals surface area (Å²) in [7, 11) is 0. The fraction of sp³-hybridized carbons (Fsp3) is 0.333. The molecule has 0 aliphatic carbocycles. The third kappa shape index (κ3) is 1.99. The van der Waals surface area contributed by atoms with Gasteiger partial charge in [-0.15, -0.1) is 0 Å². The summed E-state index contributed by atoms with van der Waals surface area (Å²) in [6.45, 7) is 4.83. The third-order valence-electron chi connectivity index (χ3n) is 2.42. The van der Waals surface area contributed by atoms with E-state index in [9.17, 15) is 0 Å². The van der Waals surface area contributed by atoms with Crippen LogP contribution in [-0.2, 0) is 4.74 Å². The van der Waals surface area contributed by atoms with Gasteiger partial charge in [0.1, 0.15) is 0 Å². The van der Waals surface area contributed by atoms with Crippen LogP contribution in [0.25, 0.3) is 0 Å². The molecule has 1 aromatic rings. The summed E-state index contributed by atoms with van der Waals surface area (Å²) in [5, 5.41) is 0. The third-order valence-corrected chi connectivity index (χ3v) is 2.42. The average molecular weight is 174 g/mol. The summed E-state index contributed by atoms with van der Waals surface area (Å²) < 4.78 is 5.67. The summed E-state index contributed by atoms with van der Waals surface area (Å²) >= 11 is 0. The van der Waals surface area contributed by atoms with Gasteiger partial charge in [0.05, 0.1) is 12.7 Å². The highest BCUT2D eigenvalue weighted by Crippen LogP contribution is 2.29. The highest BCUT2D eigenvalue weighted by molar-refractivity contribution is 5.20. The van der Waals surface area contributed by atoms with Crippen molar-refractivity contribution in [3.63, 3.8) is 0 Å². The molecule has 1 saturated heterocycles. The van der Waals surface area contributed by atoms with Gasteiger partial charge in [-0.2, -0.15) is 0 Å². The van der Waals surface area contributed by atoms with Gasteiger partial charge in [0.25, 0.3) is 0 Å². The second kappa shape index (κ2) is 3.75. The van der Waals surface area contributed by atoms with Gasteiger partial charge < -0.3 is 4.74 Å². The summed E-state index contributed by atoms with van der Waals surface area (Å²) in [6.07, 6.45) is 2.23. The van der Waals surface area contributed by atoms with Crippen molar-refractivity contribution in [1.82, 2.24) is 0 Å². The van der Waals surface area contributed by atoms with Crippen LogP contribution in [-0.4, -0.2) is 6.61 Å². The van der Waals surface area contributed by atoms with E-state index in [0.29, 0.717) is 0 Å². The SMILES string of the molecule is C=C1CCOC(c2ccccc2)C1. The van der Waals surface area contributed by atoms with Gasteiger partial charge in [-0.1, -0.05) is 42.5 Å². The van der Waals surface area contributed by atoms with Crippen LogP contribution in [0.1, 0.15) is 24.5 Å². The molecule has 1 aliphatic rings. The molecule has 2 rings (SSSR count). The summed E-state index contributed by atoms with van der Waals surface area (Å²) in [5.41, 5.74) is 2.57. The lowest BCUT2D eigenvalue weighted by molar-refractivity contribution is 0.0352. The standard InChI is InChI=1S/C12H14O/c1-10-7-8-13-12(9-10)11-5-3-2-4-6-11/h2-6,12H,1,7-9H2. The molecule has 1 nitrogen and oxygen atoms in total. The Morgan fingerprint density at radius 3 is 2.69 bits per heavy atom. The molecule has 13 heavy (non-hydrogen) atoms. The first-order chi connectivity index (χ1) is 6.36. The molecule has 1 unspecified atom stereocenters. The van der Waals surface area contributed by atoms with Crippen LogP contribution in [0.4, 0.5) is 0 Å². The van der Waals surface area contributed by atoms with E-state index in [-0.39, 0.29) is 6.10 Å². The van der Waals surface area contributed by atoms with Gasteiger partial charge >= 0.3 is 0 Å². The van der Waals surface area contributed by atoms with Crippen LogP contribution < -0.4 is 0 Å². The van der Waals surface area contributed by atoms with Gasteiger partial charge in [0.15, 0.2) is 0 Å². The molecule has 1 fully saturated rings. The lowest BCUT2D eigenvalue weighted by atomic mass is 9.98. The fourth-order valence-electron chi connectivity index (χ4n) is 1.65. The Balaban J connectivity index is 2.13. The van der Waals surface area contributed by atoms with Gasteiger partial charge in [0, 0.05) is 0 Å². The molecule has 1 aromatic carbocycles. The molecule has 0 N–H and O–H groups in total. The predicted octanol–water partition coefficient (Wildman–Crippen LogP) is 3.09. The summed E-state index contributed by atoms with van der Waals surface area (Å²) in [4.78, 5) is 0. The minimum absolute atomic E-state index is 0.238. The zero-order valence-electron chi connectivity index (χ0n) is 7.70. The van der Waals surface area contributed by atoms with Crippen LogP contribution in [0.15, 0.2) is 42.5 Å². The Morgan fingerprint density at radius 2 is 2.00 bits per heavy atom. The number of benzene rings is 1. The number of hydrogen-bond acceptors (Lipinski definition) is 1. The van der Waals surface area contributed by atoms with Crippen LogP contribution >= 0.6 is 0 Å². The Kier molecular flexibility index (Phi) is 2.46. The zero-order valence-corrected chi connectivity index (χ0v) is 7.70. The largest absolute Gasteiger partial charge is 0.373 e. The van der Waals surface area contributed by atoms with Crippen molar-refractivity contribution >= 4 is 0 Å². The van der Waals surface area contributed by atoms with Crippen molar-refractivity contribution in [2.24, 2.45) is 0 Å². The fourth-order valence-corrected chi connectivity index (χ4v) is 1.65. The van der Waals surface area contributed by atoms with E-state index in [0.717, 1.165) is 19.4 Å². The van der Waals surface area contributed by atoms with Crippen LogP contribution in [0.3, 0.4) is 0 Å². The Hall–Kier alpha value is -1.08. The van der Waals surface area contributed by atoms with Crippen LogP contribution in [0.2, 0.25) is 0 Å². The van der Waals surface area contributed by atoms with E-state index < -0.39 is 0 Å². The Labute approximate surface area is 79.0 Å². The normalized spacial score (nSPS) is 23.1. The first-order valence-electron chi connectivity index (χ1n) is 4.69. The van der Waals surface area contributed by atoms with Crippen molar-refractivity contribution in [3.8, 4) is 0 Å². The van der Waals surface area contributed by atoms with E-state index >= 15 is 0 Å². The minimum Gasteiger partial charge on any atom is -0.373 e. The van der Waals surface area contributed by atoms with E-state index in [1.54, 1.807) is 0 Å². The highest BCUT2D eigenvalue weighted by atomic mass is 16.5. The maximum absolute atomic E-state index is 5.67. The van der Waals surface area contributed by atoms with Crippen molar-refractivity contribution in [3.05, 3.63) is 48.0 Å². The molecule has 1 heterocycles. The van der Waals surface area contributed by atoms with Gasteiger partial charge in [0.2, 0.25) is 0 Å². The lowest BCUT2D eigenvalue weighted by Crippen LogP contribution is -2.12. The van der Waals surface area contributed by atoms with Crippen LogP contribution in [0.5, 0.6) is 0 Å². The van der Waals surface area contributed by atoms with Gasteiger partial charge in [-0.05, 0) is 18.4 Å². The Morgan fingerprint density at radius 1 is 1.23 bits per heavy atom. The molecule has 1 atom stereocenters. The maximum atomic E-state index is 5.67. The van der Waals surface area contributed by atoms with Gasteiger partial charge in [-0.25, -0.2) is 0 Å². The average Bonchev–Trinajstić information content (AvgIpc) is 2.19. The molecule has 0 aromatic heterocycles. The molecule has 0 spiro atoms. The molecule has 0 radical (unpaired) electrons. The lowest BCUT2D eigenvalue weighted by Gasteiger charge is -2.24. The second-order valence-electron chi connectivity index (χ2n) is 3.47. The highest BCUT2D eigenvalue weighted by Gasteiger charge is 2.17. The summed E-state index contributed by atoms with van der Waals surface area (Å²) in [5.74, 6) is 0. The predicted molar refractivity (Wildman–Crippen MR) is 53.5 cm³/mol. The molecule has 0 amide bonds. The van der Waals surface area contributed by atoms with E-state index in [4.69, 9.17) is 4.74 Å². The van der Waals surface area contributed by atoms with Crippen molar-refractivity contribution in [1.29, 1.82) is 0 Å². The molecule has 0 bridgehead atoms. The minimum atomic E-state index is 0.238. The smallest absolute Gasteiger partial charge is 0.0862 e. The number of hydrogen-bond donors (Lipinski definition) is 0. The monoisotopic (exact) mass is 174 g/mol. The summed E-state index contributed by atoms with van der Waals surface area (Å²) in [6, 6.07) is 10.4. The van der Waals surface area contributed by atoms with Crippen molar-refractivity contribution in [2.75, 3.05) is 6.61 Å². The maximum Gasteiger partial charge on any atom is 0.0862 e. The molecular weight excluding hydrogens is 160 g/mol. The molecular formula is C12H14O.